The number of hydrogen-bond acceptors (Lipinski definition) is 3. The standard InChI is InChI=1S/C23H15ClFN3O2/c24-18-6-4-16(5-7-18)22(29)28-21-3-1-2-15(13-21)12-17(14-26)23(30)27-20-10-8-19(25)9-11-20/h1-13H,(H,27,30)(H,28,29)/b17-12+. The third-order valence-electron chi connectivity index (χ3n) is 4.03. The predicted molar refractivity (Wildman–Crippen MR) is 114 cm³/mol. The van der Waals surface area contributed by atoms with Crippen LogP contribution in [0.2, 0.25) is 5.02 Å². The maximum Gasteiger partial charge on any atom is 0.266 e. The van der Waals surface area contributed by atoms with Crippen LogP contribution in [0, 0.1) is 17.1 Å². The topological polar surface area (TPSA) is 82.0 Å². The van der Waals surface area contributed by atoms with E-state index in [-0.39, 0.29) is 11.5 Å². The largest absolute Gasteiger partial charge is 0.322 e. The molecule has 0 aromatic heterocycles. The van der Waals surface area contributed by atoms with E-state index in [0.717, 1.165) is 0 Å². The zero-order chi connectivity index (χ0) is 21.5. The number of rotatable bonds is 5. The molecule has 148 valence electrons. The number of amides is 2. The zero-order valence-electron chi connectivity index (χ0n) is 15.5. The fraction of sp³-hybridized carbons (Fsp3) is 0. The summed E-state index contributed by atoms with van der Waals surface area (Å²) >= 11 is 5.83. The minimum absolute atomic E-state index is 0.138. The Hall–Kier alpha value is -3.95. The van der Waals surface area contributed by atoms with E-state index >= 15 is 0 Å². The number of halogens is 2. The molecule has 30 heavy (non-hydrogen) atoms. The number of anilines is 2. The smallest absolute Gasteiger partial charge is 0.266 e. The Bertz CT molecular complexity index is 1150. The van der Waals surface area contributed by atoms with Crippen molar-refractivity contribution < 1.29 is 14.0 Å². The van der Waals surface area contributed by atoms with Crippen LogP contribution < -0.4 is 10.6 Å². The van der Waals surface area contributed by atoms with Crippen molar-refractivity contribution in [2.24, 2.45) is 0 Å². The summed E-state index contributed by atoms with van der Waals surface area (Å²) in [5.74, 6) is -1.37. The number of nitriles is 1. The van der Waals surface area contributed by atoms with Crippen molar-refractivity contribution in [3.63, 3.8) is 0 Å². The molecule has 0 heterocycles. The van der Waals surface area contributed by atoms with Crippen LogP contribution in [0.3, 0.4) is 0 Å². The number of carbonyl (C=O) groups is 2. The van der Waals surface area contributed by atoms with Gasteiger partial charge in [-0.2, -0.15) is 5.26 Å². The summed E-state index contributed by atoms with van der Waals surface area (Å²) in [5.41, 5.74) is 1.72. The summed E-state index contributed by atoms with van der Waals surface area (Å²) in [6.07, 6.45) is 1.40. The first-order chi connectivity index (χ1) is 14.4. The second kappa shape index (κ2) is 9.50. The highest BCUT2D eigenvalue weighted by Gasteiger charge is 2.11. The van der Waals surface area contributed by atoms with E-state index in [0.29, 0.717) is 27.5 Å². The molecule has 3 rings (SSSR count). The van der Waals surface area contributed by atoms with Gasteiger partial charge in [0.1, 0.15) is 17.5 Å². The molecule has 3 aromatic carbocycles. The van der Waals surface area contributed by atoms with E-state index in [1.807, 2.05) is 6.07 Å². The molecule has 5 nitrogen and oxygen atoms in total. The molecule has 7 heteroatoms. The normalized spacial score (nSPS) is 10.8. The Balaban J connectivity index is 1.74. The number of carbonyl (C=O) groups excluding carboxylic acids is 2. The third-order valence-corrected chi connectivity index (χ3v) is 4.28. The molecule has 0 bridgehead atoms. The van der Waals surface area contributed by atoms with Gasteiger partial charge < -0.3 is 10.6 Å². The van der Waals surface area contributed by atoms with Crippen molar-refractivity contribution in [1.29, 1.82) is 5.26 Å². The van der Waals surface area contributed by atoms with E-state index < -0.39 is 11.7 Å². The van der Waals surface area contributed by atoms with Crippen LogP contribution in [0.15, 0.2) is 78.4 Å². The minimum atomic E-state index is -0.625. The number of hydrogen-bond donors (Lipinski definition) is 2. The highest BCUT2D eigenvalue weighted by Crippen LogP contribution is 2.17. The van der Waals surface area contributed by atoms with Gasteiger partial charge in [0.05, 0.1) is 0 Å². The molecule has 0 spiro atoms. The molecule has 0 fully saturated rings. The van der Waals surface area contributed by atoms with Gasteiger partial charge in [0, 0.05) is 22.0 Å². The van der Waals surface area contributed by atoms with Crippen molar-refractivity contribution >= 4 is 40.9 Å². The zero-order valence-corrected chi connectivity index (χ0v) is 16.3. The van der Waals surface area contributed by atoms with Crippen molar-refractivity contribution in [3.05, 3.63) is 100 Å². The summed E-state index contributed by atoms with van der Waals surface area (Å²) in [6, 6.07) is 20.2. The molecule has 0 unspecified atom stereocenters. The maximum absolute atomic E-state index is 13.0. The Kier molecular flexibility index (Phi) is 6.58. The van der Waals surface area contributed by atoms with Crippen LogP contribution >= 0.6 is 11.6 Å². The van der Waals surface area contributed by atoms with Gasteiger partial charge in [-0.05, 0) is 72.3 Å². The number of benzene rings is 3. The average Bonchev–Trinajstić information content (AvgIpc) is 2.74. The lowest BCUT2D eigenvalue weighted by molar-refractivity contribution is -0.112. The van der Waals surface area contributed by atoms with Gasteiger partial charge in [-0.3, -0.25) is 9.59 Å². The second-order valence-corrected chi connectivity index (χ2v) is 6.65. The molecule has 0 aliphatic carbocycles. The van der Waals surface area contributed by atoms with Gasteiger partial charge >= 0.3 is 0 Å². The van der Waals surface area contributed by atoms with Crippen LogP contribution in [-0.2, 0) is 4.79 Å². The Morgan fingerprint density at radius 3 is 2.30 bits per heavy atom. The van der Waals surface area contributed by atoms with Crippen LogP contribution in [-0.4, -0.2) is 11.8 Å². The average molecular weight is 420 g/mol. The quantitative estimate of drug-likeness (QED) is 0.436. The molecule has 0 radical (unpaired) electrons. The molecule has 0 atom stereocenters. The van der Waals surface area contributed by atoms with Crippen molar-refractivity contribution in [2.45, 2.75) is 0 Å². The summed E-state index contributed by atoms with van der Waals surface area (Å²) in [7, 11) is 0. The number of nitrogens with zero attached hydrogens (tertiary/aromatic N) is 1. The fourth-order valence-corrected chi connectivity index (χ4v) is 2.68. The molecule has 0 aliphatic rings. The Labute approximate surface area is 177 Å². The highest BCUT2D eigenvalue weighted by atomic mass is 35.5. The van der Waals surface area contributed by atoms with Gasteiger partial charge in [-0.1, -0.05) is 23.7 Å². The van der Waals surface area contributed by atoms with Gasteiger partial charge in [0.2, 0.25) is 0 Å². The van der Waals surface area contributed by atoms with E-state index in [2.05, 4.69) is 10.6 Å². The molecular weight excluding hydrogens is 405 g/mol. The first kappa shape index (κ1) is 20.8. The lowest BCUT2D eigenvalue weighted by atomic mass is 10.1. The Morgan fingerprint density at radius 2 is 1.63 bits per heavy atom. The number of nitrogens with one attached hydrogen (secondary N) is 2. The fourth-order valence-electron chi connectivity index (χ4n) is 2.56. The predicted octanol–water partition coefficient (Wildman–Crippen LogP) is 5.28. The van der Waals surface area contributed by atoms with Crippen molar-refractivity contribution in [1.82, 2.24) is 0 Å². The molecular formula is C23H15ClFN3O2. The summed E-state index contributed by atoms with van der Waals surface area (Å²) in [5, 5.41) is 15.2. The summed E-state index contributed by atoms with van der Waals surface area (Å²) in [6.45, 7) is 0. The Morgan fingerprint density at radius 1 is 0.933 bits per heavy atom. The summed E-state index contributed by atoms with van der Waals surface area (Å²) in [4.78, 5) is 24.7. The lowest BCUT2D eigenvalue weighted by Gasteiger charge is -2.07. The van der Waals surface area contributed by atoms with E-state index in [4.69, 9.17) is 11.6 Å². The molecule has 0 saturated carbocycles. The van der Waals surface area contributed by atoms with E-state index in [9.17, 15) is 19.2 Å². The SMILES string of the molecule is N#C/C(=C\c1cccc(NC(=O)c2ccc(Cl)cc2)c1)C(=O)Nc1ccc(F)cc1. The van der Waals surface area contributed by atoms with Crippen LogP contribution in [0.4, 0.5) is 15.8 Å². The monoisotopic (exact) mass is 419 g/mol. The summed E-state index contributed by atoms with van der Waals surface area (Å²) < 4.78 is 13.0. The third kappa shape index (κ3) is 5.53. The first-order valence-electron chi connectivity index (χ1n) is 8.80. The lowest BCUT2D eigenvalue weighted by Crippen LogP contribution is -2.13. The molecule has 3 aromatic rings. The van der Waals surface area contributed by atoms with Crippen LogP contribution in [0.25, 0.3) is 6.08 Å². The van der Waals surface area contributed by atoms with E-state index in [1.165, 1.54) is 30.3 Å². The minimum Gasteiger partial charge on any atom is -0.322 e. The van der Waals surface area contributed by atoms with Crippen LogP contribution in [0.5, 0.6) is 0 Å². The second-order valence-electron chi connectivity index (χ2n) is 6.22. The molecule has 0 aliphatic heterocycles. The molecule has 2 amide bonds. The molecule has 0 saturated heterocycles. The highest BCUT2D eigenvalue weighted by molar-refractivity contribution is 6.30. The van der Waals surface area contributed by atoms with Crippen molar-refractivity contribution in [3.8, 4) is 6.07 Å². The van der Waals surface area contributed by atoms with Crippen molar-refractivity contribution in [2.75, 3.05) is 10.6 Å². The van der Waals surface area contributed by atoms with E-state index in [1.54, 1.807) is 48.5 Å². The van der Waals surface area contributed by atoms with Gasteiger partial charge in [0.15, 0.2) is 0 Å². The molecule has 2 N–H and O–H groups in total. The van der Waals surface area contributed by atoms with Gasteiger partial charge in [0.25, 0.3) is 11.8 Å². The maximum atomic E-state index is 13.0. The first-order valence-corrected chi connectivity index (χ1v) is 9.18. The van der Waals surface area contributed by atoms with Gasteiger partial charge in [-0.15, -0.1) is 0 Å². The van der Waals surface area contributed by atoms with Gasteiger partial charge in [-0.25, -0.2) is 4.39 Å². The van der Waals surface area contributed by atoms with Crippen LogP contribution in [0.1, 0.15) is 15.9 Å².